The van der Waals surface area contributed by atoms with Gasteiger partial charge in [-0.2, -0.15) is 0 Å². The van der Waals surface area contributed by atoms with Crippen LogP contribution in [-0.4, -0.2) is 41.2 Å². The van der Waals surface area contributed by atoms with Crippen molar-refractivity contribution in [2.24, 2.45) is 11.8 Å². The maximum absolute atomic E-state index is 11.7. The monoisotopic (exact) mass is 452 g/mol. The lowest BCUT2D eigenvalue weighted by molar-refractivity contribution is -0.0562. The molecule has 1 unspecified atom stereocenters. The lowest BCUT2D eigenvalue weighted by atomic mass is 9.72. The van der Waals surface area contributed by atoms with E-state index < -0.39 is 6.10 Å². The van der Waals surface area contributed by atoms with Gasteiger partial charge in [-0.15, -0.1) is 12.4 Å². The van der Waals surface area contributed by atoms with E-state index in [0.29, 0.717) is 0 Å². The van der Waals surface area contributed by atoms with E-state index >= 15 is 0 Å². The fraction of sp³-hybridized carbons (Fsp3) is 0.444. The second kappa shape index (κ2) is 9.38. The predicted molar refractivity (Wildman–Crippen MR) is 133 cm³/mol. The van der Waals surface area contributed by atoms with Crippen LogP contribution in [0.4, 0.5) is 0 Å². The zero-order valence-electron chi connectivity index (χ0n) is 19.1. The minimum absolute atomic E-state index is 0. The van der Waals surface area contributed by atoms with Gasteiger partial charge in [0.1, 0.15) is 5.75 Å². The van der Waals surface area contributed by atoms with E-state index in [2.05, 4.69) is 49.1 Å². The summed E-state index contributed by atoms with van der Waals surface area (Å²) in [5, 5.41) is 12.7. The first kappa shape index (κ1) is 23.0. The molecule has 0 radical (unpaired) electrons. The number of hydrogen-bond donors (Lipinski definition) is 1. The van der Waals surface area contributed by atoms with Crippen LogP contribution in [-0.2, 0) is 0 Å². The topological polar surface area (TPSA) is 45.6 Å². The molecule has 1 aromatic heterocycles. The highest BCUT2D eigenvalue weighted by molar-refractivity contribution is 5.87. The third-order valence-corrected chi connectivity index (χ3v) is 7.61. The predicted octanol–water partition coefficient (Wildman–Crippen LogP) is 5.79. The molecule has 3 aliphatic heterocycles. The van der Waals surface area contributed by atoms with Crippen LogP contribution in [0.15, 0.2) is 48.5 Å². The number of ether oxygens (including phenoxy) is 1. The molecule has 32 heavy (non-hydrogen) atoms. The zero-order chi connectivity index (χ0) is 21.5. The number of fused-ring (bicyclic) bond motifs is 4. The molecule has 4 heterocycles. The molecule has 2 aromatic carbocycles. The quantitative estimate of drug-likeness (QED) is 0.531. The van der Waals surface area contributed by atoms with Crippen LogP contribution in [0.25, 0.3) is 22.2 Å². The molecule has 3 aromatic rings. The molecule has 1 N–H and O–H groups in total. The summed E-state index contributed by atoms with van der Waals surface area (Å²) >= 11 is 0. The molecule has 0 saturated carbocycles. The Morgan fingerprint density at radius 3 is 2.69 bits per heavy atom. The summed E-state index contributed by atoms with van der Waals surface area (Å²) in [5.74, 6) is 2.30. The second-order valence-corrected chi connectivity index (χ2v) is 9.25. The van der Waals surface area contributed by atoms with Crippen LogP contribution < -0.4 is 4.74 Å². The van der Waals surface area contributed by atoms with E-state index in [4.69, 9.17) is 9.72 Å². The fourth-order valence-electron chi connectivity index (χ4n) is 5.78. The number of rotatable bonds is 5. The number of aryl methyl sites for hydroxylation is 1. The molecular formula is C27H33ClN2O2. The minimum Gasteiger partial charge on any atom is -0.497 e. The molecule has 0 spiro atoms. The molecule has 5 heteroatoms. The summed E-state index contributed by atoms with van der Waals surface area (Å²) < 4.78 is 5.49. The summed E-state index contributed by atoms with van der Waals surface area (Å²) in [5.41, 5.74) is 5.10. The van der Waals surface area contributed by atoms with Crippen LogP contribution in [0.3, 0.4) is 0 Å². The van der Waals surface area contributed by atoms with E-state index in [1.54, 1.807) is 7.11 Å². The van der Waals surface area contributed by atoms with Crippen LogP contribution in [0, 0.1) is 18.8 Å². The number of aliphatic hydroxyl groups excluding tert-OH is 1. The average Bonchev–Trinajstić information content (AvgIpc) is 2.83. The van der Waals surface area contributed by atoms with Gasteiger partial charge >= 0.3 is 0 Å². The number of aromatic nitrogens is 1. The first-order chi connectivity index (χ1) is 15.1. The van der Waals surface area contributed by atoms with Gasteiger partial charge in [0.05, 0.1) is 24.4 Å². The SMILES string of the molecule is CC[C@H]1CN2CC[C@@H]1C[C@H]2[C@H](O)c1cc(-c2ccccc2C)nc2ccc(OC)cc12.Cl. The number of aliphatic hydroxyl groups is 1. The van der Waals surface area contributed by atoms with Crippen LogP contribution >= 0.6 is 12.4 Å². The number of piperidine rings is 3. The second-order valence-electron chi connectivity index (χ2n) is 9.25. The summed E-state index contributed by atoms with van der Waals surface area (Å²) in [6, 6.07) is 16.6. The summed E-state index contributed by atoms with van der Waals surface area (Å²) in [6.45, 7) is 6.62. The molecule has 3 fully saturated rings. The molecule has 5 atom stereocenters. The van der Waals surface area contributed by atoms with Gasteiger partial charge in [-0.3, -0.25) is 4.90 Å². The highest BCUT2D eigenvalue weighted by Gasteiger charge is 2.42. The Balaban J connectivity index is 0.00000245. The van der Waals surface area contributed by atoms with Crippen molar-refractivity contribution < 1.29 is 9.84 Å². The van der Waals surface area contributed by atoms with Crippen molar-refractivity contribution in [2.45, 2.75) is 45.3 Å². The lowest BCUT2D eigenvalue weighted by Gasteiger charge is -2.51. The van der Waals surface area contributed by atoms with Gasteiger partial charge in [0.2, 0.25) is 0 Å². The van der Waals surface area contributed by atoms with Gasteiger partial charge in [0.15, 0.2) is 0 Å². The van der Waals surface area contributed by atoms with Crippen LogP contribution in [0.2, 0.25) is 0 Å². The molecular weight excluding hydrogens is 420 g/mol. The van der Waals surface area contributed by atoms with E-state index in [9.17, 15) is 5.11 Å². The Morgan fingerprint density at radius 1 is 1.19 bits per heavy atom. The van der Waals surface area contributed by atoms with E-state index in [1.165, 1.54) is 18.4 Å². The maximum atomic E-state index is 11.7. The molecule has 0 amide bonds. The highest BCUT2D eigenvalue weighted by Crippen LogP contribution is 2.43. The van der Waals surface area contributed by atoms with Crippen molar-refractivity contribution in [1.29, 1.82) is 0 Å². The van der Waals surface area contributed by atoms with Crippen molar-refractivity contribution in [2.75, 3.05) is 20.2 Å². The van der Waals surface area contributed by atoms with Crippen molar-refractivity contribution in [3.05, 3.63) is 59.7 Å². The number of hydrogen-bond acceptors (Lipinski definition) is 4. The summed E-state index contributed by atoms with van der Waals surface area (Å²) in [7, 11) is 1.68. The third-order valence-electron chi connectivity index (χ3n) is 7.61. The number of pyridine rings is 1. The van der Waals surface area contributed by atoms with E-state index in [1.807, 2.05) is 18.2 Å². The first-order valence-electron chi connectivity index (χ1n) is 11.6. The lowest BCUT2D eigenvalue weighted by Crippen LogP contribution is -2.55. The Labute approximate surface area is 197 Å². The molecule has 2 bridgehead atoms. The van der Waals surface area contributed by atoms with Gasteiger partial charge in [0, 0.05) is 23.5 Å². The molecule has 4 nitrogen and oxygen atoms in total. The molecule has 6 rings (SSSR count). The van der Waals surface area contributed by atoms with E-state index in [0.717, 1.165) is 64.8 Å². The van der Waals surface area contributed by atoms with Gasteiger partial charge in [0.25, 0.3) is 0 Å². The Bertz CT molecular complexity index is 1100. The number of methoxy groups -OCH3 is 1. The number of nitrogens with zero attached hydrogens (tertiary/aromatic N) is 2. The molecule has 3 saturated heterocycles. The Hall–Kier alpha value is -2.14. The largest absolute Gasteiger partial charge is 0.497 e. The Kier molecular flexibility index (Phi) is 6.75. The summed E-state index contributed by atoms with van der Waals surface area (Å²) in [4.78, 5) is 7.49. The number of benzene rings is 2. The van der Waals surface area contributed by atoms with Gasteiger partial charge in [-0.05, 0) is 73.5 Å². The third kappa shape index (κ3) is 4.00. The van der Waals surface area contributed by atoms with Crippen LogP contribution in [0.5, 0.6) is 5.75 Å². The number of halogens is 1. The maximum Gasteiger partial charge on any atom is 0.119 e. The molecule has 0 aliphatic carbocycles. The Morgan fingerprint density at radius 2 is 2.00 bits per heavy atom. The minimum atomic E-state index is -0.541. The van der Waals surface area contributed by atoms with Crippen molar-refractivity contribution in [3.8, 4) is 17.0 Å². The van der Waals surface area contributed by atoms with E-state index in [-0.39, 0.29) is 18.4 Å². The molecule has 170 valence electrons. The highest BCUT2D eigenvalue weighted by atomic mass is 35.5. The first-order valence-corrected chi connectivity index (χ1v) is 11.6. The van der Waals surface area contributed by atoms with Gasteiger partial charge in [-0.1, -0.05) is 37.6 Å². The van der Waals surface area contributed by atoms with Crippen molar-refractivity contribution >= 4 is 23.3 Å². The van der Waals surface area contributed by atoms with Crippen molar-refractivity contribution in [1.82, 2.24) is 9.88 Å². The molecule has 3 aliphatic rings. The van der Waals surface area contributed by atoms with Gasteiger partial charge < -0.3 is 9.84 Å². The normalized spacial score (nSPS) is 25.4. The van der Waals surface area contributed by atoms with Crippen molar-refractivity contribution in [3.63, 3.8) is 0 Å². The smallest absolute Gasteiger partial charge is 0.119 e. The van der Waals surface area contributed by atoms with Gasteiger partial charge in [-0.25, -0.2) is 4.98 Å². The fourth-order valence-corrected chi connectivity index (χ4v) is 5.78. The average molecular weight is 453 g/mol. The summed E-state index contributed by atoms with van der Waals surface area (Å²) in [6.07, 6.45) is 3.03. The zero-order valence-corrected chi connectivity index (χ0v) is 19.9. The van der Waals surface area contributed by atoms with Crippen LogP contribution in [0.1, 0.15) is 43.4 Å². The standard InChI is InChI=1S/C27H32N2O2.ClH/c1-4-18-16-29-12-11-19(18)13-26(29)27(30)23-15-25(21-8-6-5-7-17(21)2)28-24-10-9-20(31-3)14-22(23)24;/h5-10,14-15,18-19,26-27,30H,4,11-13,16H2,1-3H3;1H/t18-,19+,26-,27+;/m0./s1.